The molecule has 1 aromatic heterocycles. The molecule has 0 unspecified atom stereocenters. The molecule has 0 saturated carbocycles. The minimum absolute atomic E-state index is 0.0410. The van der Waals surface area contributed by atoms with Crippen LogP contribution < -0.4 is 5.32 Å². The zero-order chi connectivity index (χ0) is 15.6. The van der Waals surface area contributed by atoms with Crippen molar-refractivity contribution < 1.29 is 4.92 Å². The maximum absolute atomic E-state index is 10.9. The van der Waals surface area contributed by atoms with E-state index in [2.05, 4.69) is 47.0 Å². The number of nitro benzene ring substituents is 1. The molecule has 1 heterocycles. The van der Waals surface area contributed by atoms with E-state index in [4.69, 9.17) is 0 Å². The van der Waals surface area contributed by atoms with E-state index in [0.29, 0.717) is 16.7 Å². The predicted octanol–water partition coefficient (Wildman–Crippen LogP) is 4.72. The van der Waals surface area contributed by atoms with Gasteiger partial charge in [-0.05, 0) is 28.1 Å². The number of hydrogen-bond acceptors (Lipinski definition) is 5. The van der Waals surface area contributed by atoms with Crippen LogP contribution in [0.5, 0.6) is 0 Å². The Balaban J connectivity index is 2.08. The molecule has 0 aliphatic rings. The largest absolute Gasteiger partial charge is 0.379 e. The molecule has 0 spiro atoms. The van der Waals surface area contributed by atoms with Gasteiger partial charge in [0.1, 0.15) is 0 Å². The number of thiazole rings is 1. The van der Waals surface area contributed by atoms with Crippen molar-refractivity contribution in [3.05, 3.63) is 48.9 Å². The van der Waals surface area contributed by atoms with Crippen LogP contribution in [0.4, 0.5) is 11.4 Å². The van der Waals surface area contributed by atoms with Crippen molar-refractivity contribution >= 4 is 38.6 Å². The first-order valence-electron chi connectivity index (χ1n) is 6.40. The van der Waals surface area contributed by atoms with Gasteiger partial charge in [-0.1, -0.05) is 20.8 Å². The fourth-order valence-corrected chi connectivity index (χ4v) is 2.99. The molecular formula is C14H16BrN3O2S. The first kappa shape index (κ1) is 15.9. The molecule has 1 aromatic carbocycles. The van der Waals surface area contributed by atoms with Crippen LogP contribution in [0.15, 0.2) is 28.1 Å². The Labute approximate surface area is 135 Å². The normalized spacial score (nSPS) is 11.4. The molecule has 7 heteroatoms. The van der Waals surface area contributed by atoms with Gasteiger partial charge in [0.05, 0.1) is 26.6 Å². The average Bonchev–Trinajstić information content (AvgIpc) is 2.86. The molecule has 2 aromatic rings. The minimum atomic E-state index is -0.407. The summed E-state index contributed by atoms with van der Waals surface area (Å²) in [6, 6.07) is 4.98. The summed E-state index contributed by atoms with van der Waals surface area (Å²) in [5.41, 5.74) is 1.73. The number of halogens is 1. The van der Waals surface area contributed by atoms with Crippen molar-refractivity contribution in [2.24, 2.45) is 0 Å². The number of aromatic nitrogens is 1. The molecule has 0 saturated heterocycles. The maximum atomic E-state index is 10.9. The third-order valence-electron chi connectivity index (χ3n) is 2.81. The minimum Gasteiger partial charge on any atom is -0.379 e. The van der Waals surface area contributed by atoms with E-state index in [9.17, 15) is 10.1 Å². The third-order valence-corrected chi connectivity index (χ3v) is 4.80. The lowest BCUT2D eigenvalue weighted by Gasteiger charge is -2.13. The van der Waals surface area contributed by atoms with Crippen molar-refractivity contribution in [2.75, 3.05) is 5.32 Å². The van der Waals surface area contributed by atoms with Crippen molar-refractivity contribution in [3.63, 3.8) is 0 Å². The summed E-state index contributed by atoms with van der Waals surface area (Å²) in [5, 5.41) is 17.2. The quantitative estimate of drug-likeness (QED) is 0.624. The van der Waals surface area contributed by atoms with Crippen LogP contribution in [0.2, 0.25) is 0 Å². The Kier molecular flexibility index (Phi) is 4.63. The van der Waals surface area contributed by atoms with Crippen molar-refractivity contribution in [2.45, 2.75) is 32.7 Å². The summed E-state index contributed by atoms with van der Waals surface area (Å²) in [7, 11) is 0. The topological polar surface area (TPSA) is 68.1 Å². The lowest BCUT2D eigenvalue weighted by Crippen LogP contribution is -2.11. The zero-order valence-corrected chi connectivity index (χ0v) is 14.4. The van der Waals surface area contributed by atoms with E-state index in [0.717, 1.165) is 10.7 Å². The lowest BCUT2D eigenvalue weighted by atomic mass is 9.98. The highest BCUT2D eigenvalue weighted by molar-refractivity contribution is 9.10. The van der Waals surface area contributed by atoms with Crippen LogP contribution in [0.3, 0.4) is 0 Å². The van der Waals surface area contributed by atoms with E-state index in [1.54, 1.807) is 23.5 Å². The summed E-state index contributed by atoms with van der Waals surface area (Å²) in [6.45, 7) is 6.93. The predicted molar refractivity (Wildman–Crippen MR) is 88.9 cm³/mol. The van der Waals surface area contributed by atoms with Gasteiger partial charge in [0.15, 0.2) is 0 Å². The van der Waals surface area contributed by atoms with Gasteiger partial charge in [-0.15, -0.1) is 11.3 Å². The van der Waals surface area contributed by atoms with E-state index in [-0.39, 0.29) is 11.1 Å². The summed E-state index contributed by atoms with van der Waals surface area (Å²) in [4.78, 5) is 15.1. The van der Waals surface area contributed by atoms with Gasteiger partial charge < -0.3 is 5.32 Å². The number of rotatable bonds is 4. The molecule has 0 bridgehead atoms. The summed E-state index contributed by atoms with van der Waals surface area (Å²) < 4.78 is 0.474. The maximum Gasteiger partial charge on any atom is 0.285 e. The second-order valence-corrected chi connectivity index (χ2v) is 7.38. The van der Waals surface area contributed by atoms with Crippen LogP contribution >= 0.6 is 27.3 Å². The van der Waals surface area contributed by atoms with Gasteiger partial charge in [0.2, 0.25) is 0 Å². The Hall–Kier alpha value is -1.47. The van der Waals surface area contributed by atoms with Crippen LogP contribution in [0, 0.1) is 10.1 Å². The van der Waals surface area contributed by atoms with E-state index < -0.39 is 4.92 Å². The second kappa shape index (κ2) is 6.11. The highest BCUT2D eigenvalue weighted by atomic mass is 79.9. The molecular weight excluding hydrogens is 354 g/mol. The zero-order valence-electron chi connectivity index (χ0n) is 12.0. The summed E-state index contributed by atoms with van der Waals surface area (Å²) in [6.07, 6.45) is 0. The van der Waals surface area contributed by atoms with Crippen molar-refractivity contribution in [3.8, 4) is 0 Å². The smallest absolute Gasteiger partial charge is 0.285 e. The van der Waals surface area contributed by atoms with E-state index in [1.165, 1.54) is 6.07 Å². The first-order chi connectivity index (χ1) is 9.77. The molecule has 1 N–H and O–H groups in total. The van der Waals surface area contributed by atoms with Crippen LogP contribution in [-0.2, 0) is 12.0 Å². The Morgan fingerprint density at radius 1 is 1.43 bits per heavy atom. The van der Waals surface area contributed by atoms with Gasteiger partial charge in [0.25, 0.3) is 5.69 Å². The van der Waals surface area contributed by atoms with Gasteiger partial charge in [-0.25, -0.2) is 4.98 Å². The van der Waals surface area contributed by atoms with Crippen molar-refractivity contribution in [1.29, 1.82) is 0 Å². The van der Waals surface area contributed by atoms with Crippen LogP contribution in [0.25, 0.3) is 0 Å². The van der Waals surface area contributed by atoms with E-state index in [1.807, 2.05) is 5.38 Å². The lowest BCUT2D eigenvalue weighted by molar-refractivity contribution is -0.385. The van der Waals surface area contributed by atoms with Gasteiger partial charge in [-0.2, -0.15) is 0 Å². The number of nitrogens with zero attached hydrogens (tertiary/aromatic N) is 2. The number of benzene rings is 1. The SMILES string of the molecule is CC(C)(C)c1nc(CNc2ccc(Br)c([N+](=O)[O-])c2)cs1. The highest BCUT2D eigenvalue weighted by Crippen LogP contribution is 2.29. The van der Waals surface area contributed by atoms with Gasteiger partial charge >= 0.3 is 0 Å². The molecule has 21 heavy (non-hydrogen) atoms. The summed E-state index contributed by atoms with van der Waals surface area (Å²) in [5.74, 6) is 0. The molecule has 0 atom stereocenters. The molecule has 0 fully saturated rings. The third kappa shape index (κ3) is 4.01. The Morgan fingerprint density at radius 2 is 2.14 bits per heavy atom. The number of anilines is 1. The fraction of sp³-hybridized carbons (Fsp3) is 0.357. The molecule has 2 rings (SSSR count). The monoisotopic (exact) mass is 369 g/mol. The van der Waals surface area contributed by atoms with Crippen molar-refractivity contribution in [1.82, 2.24) is 4.98 Å². The molecule has 112 valence electrons. The second-order valence-electron chi connectivity index (χ2n) is 5.67. The Morgan fingerprint density at radius 3 is 2.71 bits per heavy atom. The molecule has 0 aliphatic carbocycles. The molecule has 0 amide bonds. The summed E-state index contributed by atoms with van der Waals surface area (Å²) >= 11 is 4.81. The number of nitrogens with one attached hydrogen (secondary N) is 1. The van der Waals surface area contributed by atoms with Crippen LogP contribution in [0.1, 0.15) is 31.5 Å². The van der Waals surface area contributed by atoms with Crippen LogP contribution in [-0.4, -0.2) is 9.91 Å². The fourth-order valence-electron chi connectivity index (χ4n) is 1.69. The van der Waals surface area contributed by atoms with Gasteiger partial charge in [-0.3, -0.25) is 10.1 Å². The molecule has 5 nitrogen and oxygen atoms in total. The number of hydrogen-bond donors (Lipinski definition) is 1. The molecule has 0 radical (unpaired) electrons. The van der Waals surface area contributed by atoms with E-state index >= 15 is 0 Å². The molecule has 0 aliphatic heterocycles. The Bertz CT molecular complexity index is 664. The standard InChI is InChI=1S/C14H16BrN3O2S/c1-14(2,3)13-17-10(8-21-13)7-16-9-4-5-11(15)12(6-9)18(19)20/h4-6,8,16H,7H2,1-3H3. The first-order valence-corrected chi connectivity index (χ1v) is 8.07. The van der Waals surface area contributed by atoms with Gasteiger partial charge in [0, 0.05) is 22.5 Å². The highest BCUT2D eigenvalue weighted by Gasteiger charge is 2.18. The number of nitro groups is 1. The average molecular weight is 370 g/mol.